The van der Waals surface area contributed by atoms with E-state index in [4.69, 9.17) is 41.7 Å². The lowest BCUT2D eigenvalue weighted by Crippen LogP contribution is -2.51. The number of fused-ring (bicyclic) bond motifs is 4. The van der Waals surface area contributed by atoms with Crippen LogP contribution in [0.25, 0.3) is 11.1 Å². The second-order valence-corrected chi connectivity index (χ2v) is 8.94. The van der Waals surface area contributed by atoms with Crippen molar-refractivity contribution >= 4 is 23.6 Å². The number of aliphatic hydroxyl groups is 1. The summed E-state index contributed by atoms with van der Waals surface area (Å²) in [7, 11) is 0. The molecule has 2 aliphatic heterocycles. The van der Waals surface area contributed by atoms with Gasteiger partial charge in [0.1, 0.15) is 29.8 Å². The Bertz CT molecular complexity index is 1180. The lowest BCUT2D eigenvalue weighted by atomic mass is 9.67. The summed E-state index contributed by atoms with van der Waals surface area (Å²) < 4.78 is 57.2. The molecule has 5 rings (SSSR count). The van der Waals surface area contributed by atoms with Crippen molar-refractivity contribution < 1.29 is 42.0 Å². The Hall–Kier alpha value is -3.05. The van der Waals surface area contributed by atoms with Crippen molar-refractivity contribution in [3.8, 4) is 16.9 Å². The van der Waals surface area contributed by atoms with Gasteiger partial charge in [-0.25, -0.2) is 14.2 Å². The lowest BCUT2D eigenvalue weighted by molar-refractivity contribution is -0.192. The summed E-state index contributed by atoms with van der Waals surface area (Å²) in [6, 6.07) is 10.6. The fourth-order valence-corrected chi connectivity index (χ4v) is 4.91. The zero-order valence-corrected chi connectivity index (χ0v) is 18.8. The molecule has 2 aromatic carbocycles. The Balaban J connectivity index is 0.000000364. The first-order valence-electron chi connectivity index (χ1n) is 10.6. The maximum atomic E-state index is 13.6. The molecule has 35 heavy (non-hydrogen) atoms. The lowest BCUT2D eigenvalue weighted by Gasteiger charge is -2.47. The van der Waals surface area contributed by atoms with Crippen molar-refractivity contribution in [2.24, 2.45) is 16.6 Å². The molecule has 0 amide bonds. The van der Waals surface area contributed by atoms with E-state index in [0.717, 1.165) is 28.9 Å². The molecule has 0 aromatic heterocycles. The second-order valence-electron chi connectivity index (χ2n) is 8.54. The molecule has 188 valence electrons. The summed E-state index contributed by atoms with van der Waals surface area (Å²) in [6.45, 7) is 0.316. The van der Waals surface area contributed by atoms with Crippen LogP contribution in [0.5, 0.6) is 5.75 Å². The number of carboxylic acids is 1. The van der Waals surface area contributed by atoms with E-state index >= 15 is 0 Å². The van der Waals surface area contributed by atoms with Gasteiger partial charge in [0.15, 0.2) is 0 Å². The van der Waals surface area contributed by atoms with Crippen molar-refractivity contribution in [3.05, 3.63) is 52.8 Å². The minimum atomic E-state index is -5.08. The Labute approximate surface area is 202 Å². The van der Waals surface area contributed by atoms with E-state index in [1.54, 1.807) is 12.1 Å². The summed E-state index contributed by atoms with van der Waals surface area (Å²) in [6.07, 6.45) is -3.47. The van der Waals surface area contributed by atoms with E-state index in [2.05, 4.69) is 0 Å². The highest BCUT2D eigenvalue weighted by Crippen LogP contribution is 2.53. The van der Waals surface area contributed by atoms with Gasteiger partial charge in [-0.1, -0.05) is 23.7 Å². The molecule has 0 saturated heterocycles. The molecule has 0 bridgehead atoms. The van der Waals surface area contributed by atoms with Gasteiger partial charge in [-0.3, -0.25) is 0 Å². The minimum absolute atomic E-state index is 0.0307. The predicted octanol–water partition coefficient (Wildman–Crippen LogP) is 4.24. The van der Waals surface area contributed by atoms with E-state index in [9.17, 15) is 22.7 Å². The van der Waals surface area contributed by atoms with Gasteiger partial charge < -0.3 is 25.4 Å². The van der Waals surface area contributed by atoms with Crippen LogP contribution in [0, 0.1) is 11.7 Å². The van der Waals surface area contributed by atoms with Gasteiger partial charge in [0, 0.05) is 11.5 Å². The molecule has 1 fully saturated rings. The Morgan fingerprint density at radius 2 is 1.83 bits per heavy atom. The molecular formula is C23H21ClF4N2O5. The largest absolute Gasteiger partial charge is 0.490 e. The Kier molecular flexibility index (Phi) is 6.58. The molecule has 12 heteroatoms. The average Bonchev–Trinajstić information content (AvgIpc) is 3.18. The zero-order valence-electron chi connectivity index (χ0n) is 18.1. The summed E-state index contributed by atoms with van der Waals surface area (Å²) in [5, 5.41) is 17.5. The molecule has 4 N–H and O–H groups in total. The van der Waals surface area contributed by atoms with E-state index in [-0.39, 0.29) is 29.2 Å². The molecule has 7 nitrogen and oxygen atoms in total. The highest BCUT2D eigenvalue weighted by atomic mass is 35.5. The summed E-state index contributed by atoms with van der Waals surface area (Å²) in [4.78, 5) is 13.6. The van der Waals surface area contributed by atoms with Gasteiger partial charge in [-0.15, -0.1) is 0 Å². The van der Waals surface area contributed by atoms with Crippen molar-refractivity contribution in [2.45, 2.75) is 43.2 Å². The van der Waals surface area contributed by atoms with Crippen LogP contribution in [0.15, 0.2) is 41.4 Å². The van der Waals surface area contributed by atoms with Gasteiger partial charge in [0.05, 0.1) is 11.1 Å². The number of carbonyl (C=O) groups is 1. The van der Waals surface area contributed by atoms with E-state index < -0.39 is 23.5 Å². The topological polar surface area (TPSA) is 114 Å². The first-order valence-corrected chi connectivity index (χ1v) is 11.0. The van der Waals surface area contributed by atoms with Crippen molar-refractivity contribution in [1.29, 1.82) is 0 Å². The maximum absolute atomic E-state index is 13.6. The van der Waals surface area contributed by atoms with Crippen LogP contribution in [0.1, 0.15) is 24.8 Å². The molecule has 4 atom stereocenters. The number of carboxylic acid groups (broad SMARTS) is 1. The van der Waals surface area contributed by atoms with Crippen LogP contribution in [-0.2, 0) is 15.1 Å². The fraction of sp³-hybridized carbons (Fsp3) is 0.391. The van der Waals surface area contributed by atoms with Crippen molar-refractivity contribution in [1.82, 2.24) is 0 Å². The second kappa shape index (κ2) is 9.19. The fourth-order valence-electron chi connectivity index (χ4n) is 4.73. The third kappa shape index (κ3) is 4.87. The Morgan fingerprint density at radius 3 is 2.43 bits per heavy atom. The van der Waals surface area contributed by atoms with Crippen LogP contribution in [0.4, 0.5) is 17.6 Å². The molecule has 3 aliphatic rings. The number of nitrogens with zero attached hydrogens (tertiary/aromatic N) is 1. The number of benzene rings is 2. The van der Waals surface area contributed by atoms with Crippen LogP contribution in [0.2, 0.25) is 5.02 Å². The minimum Gasteiger partial charge on any atom is -0.490 e. The standard InChI is InChI=1S/C21H20ClFN2O3.C2HF3O2/c22-16-8-12(1-4-17(16)23)11-2-5-18-14(7-11)21(10-27-20(24)25-21)15-9-13(26)3-6-19(15)28-18;3-2(4,5)1(6)7/h1-2,4-5,7-8,13,15,19,26H,3,6,9-10H2,(H2,24,25);(H,6,7). The first kappa shape index (κ1) is 25.1. The van der Waals surface area contributed by atoms with E-state index in [1.807, 2.05) is 18.2 Å². The highest BCUT2D eigenvalue weighted by Gasteiger charge is 2.55. The molecule has 1 saturated carbocycles. The van der Waals surface area contributed by atoms with Crippen LogP contribution in [0.3, 0.4) is 0 Å². The third-order valence-electron chi connectivity index (χ3n) is 6.34. The molecule has 0 radical (unpaired) electrons. The number of nitrogens with two attached hydrogens (primary N) is 1. The summed E-state index contributed by atoms with van der Waals surface area (Å²) in [5.41, 5.74) is 7.76. The van der Waals surface area contributed by atoms with Crippen molar-refractivity contribution in [2.75, 3.05) is 6.61 Å². The summed E-state index contributed by atoms with van der Waals surface area (Å²) in [5.74, 6) is -2.50. The number of rotatable bonds is 1. The van der Waals surface area contributed by atoms with Crippen LogP contribution >= 0.6 is 11.6 Å². The number of hydrogen-bond donors (Lipinski definition) is 3. The average molecular weight is 517 g/mol. The molecule has 2 aromatic rings. The van der Waals surface area contributed by atoms with Gasteiger partial charge in [-0.2, -0.15) is 13.2 Å². The number of ether oxygens (including phenoxy) is 2. The van der Waals surface area contributed by atoms with Gasteiger partial charge in [0.25, 0.3) is 6.02 Å². The maximum Gasteiger partial charge on any atom is 0.490 e. The SMILES string of the molecule is NC1=NC2(CO1)c1cc(-c3ccc(F)c(Cl)c3)ccc1OC1CCC(O)CC12.O=C(O)C(F)(F)F. The van der Waals surface area contributed by atoms with Crippen LogP contribution < -0.4 is 10.5 Å². The summed E-state index contributed by atoms with van der Waals surface area (Å²) >= 11 is 5.97. The number of halogens is 5. The van der Waals surface area contributed by atoms with E-state index in [0.29, 0.717) is 19.4 Å². The van der Waals surface area contributed by atoms with E-state index in [1.165, 1.54) is 6.07 Å². The normalized spacial score (nSPS) is 26.9. The van der Waals surface area contributed by atoms with Crippen LogP contribution in [-0.4, -0.2) is 47.2 Å². The predicted molar refractivity (Wildman–Crippen MR) is 118 cm³/mol. The molecule has 4 unspecified atom stereocenters. The van der Waals surface area contributed by atoms with Gasteiger partial charge in [-0.05, 0) is 54.7 Å². The molecule has 2 heterocycles. The number of hydrogen-bond acceptors (Lipinski definition) is 6. The third-order valence-corrected chi connectivity index (χ3v) is 6.63. The highest BCUT2D eigenvalue weighted by molar-refractivity contribution is 6.31. The number of alkyl halides is 3. The number of amidine groups is 1. The molecular weight excluding hydrogens is 496 g/mol. The van der Waals surface area contributed by atoms with Gasteiger partial charge in [0.2, 0.25) is 0 Å². The first-order chi connectivity index (χ1) is 16.4. The number of aliphatic carboxylic acids is 1. The zero-order chi connectivity index (χ0) is 25.5. The van der Waals surface area contributed by atoms with Gasteiger partial charge >= 0.3 is 12.1 Å². The number of aliphatic imine (C=N–C) groups is 1. The molecule has 1 spiro atoms. The smallest absolute Gasteiger partial charge is 0.490 e. The quantitative estimate of drug-likeness (QED) is 0.488. The van der Waals surface area contributed by atoms with Crippen molar-refractivity contribution in [3.63, 3.8) is 0 Å². The Morgan fingerprint density at radius 1 is 1.17 bits per heavy atom. The number of aliphatic hydroxyl groups excluding tert-OH is 1. The monoisotopic (exact) mass is 516 g/mol. The molecule has 1 aliphatic carbocycles.